The minimum Gasteiger partial charge on any atom is -0.383 e. The third-order valence-corrected chi connectivity index (χ3v) is 4.48. The molecule has 3 aliphatic rings. The van der Waals surface area contributed by atoms with Gasteiger partial charge in [-0.2, -0.15) is 0 Å². The van der Waals surface area contributed by atoms with Crippen LogP contribution >= 0.6 is 0 Å². The van der Waals surface area contributed by atoms with Gasteiger partial charge >= 0.3 is 0 Å². The van der Waals surface area contributed by atoms with E-state index in [1.54, 1.807) is 6.20 Å². The smallest absolute Gasteiger partial charge is 0.145 e. The fraction of sp³-hybridized carbons (Fsp3) is 0.368. The Labute approximate surface area is 157 Å². The highest BCUT2D eigenvalue weighted by Crippen LogP contribution is 2.23. The van der Waals surface area contributed by atoms with Crippen LogP contribution in [0.3, 0.4) is 0 Å². The molecule has 0 bridgehead atoms. The van der Waals surface area contributed by atoms with Gasteiger partial charge in [0.05, 0.1) is 23.7 Å². The molecule has 0 aromatic rings. The molecule has 1 aliphatic carbocycles. The molecule has 0 unspecified atom stereocenters. The summed E-state index contributed by atoms with van der Waals surface area (Å²) in [6.07, 6.45) is 8.36. The van der Waals surface area contributed by atoms with Crippen LogP contribution in [0.15, 0.2) is 69.4 Å². The number of halogens is 2. The van der Waals surface area contributed by atoms with Gasteiger partial charge in [0, 0.05) is 57.7 Å². The Kier molecular flexibility index (Phi) is 6.54. The molecule has 3 rings (SSSR count). The summed E-state index contributed by atoms with van der Waals surface area (Å²) in [5, 5.41) is 9.44. The lowest BCUT2D eigenvalue weighted by Gasteiger charge is -2.34. The van der Waals surface area contributed by atoms with E-state index in [-0.39, 0.29) is 18.2 Å². The molecule has 8 heteroatoms. The molecule has 0 spiro atoms. The van der Waals surface area contributed by atoms with E-state index in [2.05, 4.69) is 32.7 Å². The Morgan fingerprint density at radius 2 is 2.07 bits per heavy atom. The van der Waals surface area contributed by atoms with Crippen LogP contribution in [0.2, 0.25) is 0 Å². The number of piperazine rings is 1. The number of rotatable bonds is 6. The first-order chi connectivity index (χ1) is 13.2. The van der Waals surface area contributed by atoms with Crippen LogP contribution in [0.1, 0.15) is 6.42 Å². The fourth-order valence-electron chi connectivity index (χ4n) is 3.14. The minimum atomic E-state index is -0.372. The normalized spacial score (nSPS) is 22.4. The minimum absolute atomic E-state index is 0.182. The quantitative estimate of drug-likeness (QED) is 0.622. The molecule has 1 fully saturated rings. The zero-order valence-electron chi connectivity index (χ0n) is 15.1. The lowest BCUT2D eigenvalue weighted by atomic mass is 10.0. The molecule has 0 atom stereocenters. The molecule has 3 N–H and O–H groups in total. The number of aliphatic imine (C=N–C) groups is 2. The third-order valence-electron chi connectivity index (χ3n) is 4.48. The second kappa shape index (κ2) is 9.27. The van der Waals surface area contributed by atoms with Crippen molar-refractivity contribution in [2.45, 2.75) is 6.42 Å². The molecule has 1 saturated heterocycles. The van der Waals surface area contributed by atoms with Crippen molar-refractivity contribution in [3.05, 3.63) is 59.4 Å². The summed E-state index contributed by atoms with van der Waals surface area (Å²) in [6.45, 7) is 7.07. The van der Waals surface area contributed by atoms with E-state index in [1.807, 2.05) is 11.0 Å². The molecule has 2 aliphatic heterocycles. The van der Waals surface area contributed by atoms with Crippen molar-refractivity contribution in [3.8, 4) is 0 Å². The van der Waals surface area contributed by atoms with E-state index in [4.69, 9.17) is 0 Å². The van der Waals surface area contributed by atoms with Gasteiger partial charge in [-0.1, -0.05) is 6.08 Å². The maximum Gasteiger partial charge on any atom is 0.145 e. The molecule has 0 amide bonds. The maximum absolute atomic E-state index is 14.5. The van der Waals surface area contributed by atoms with E-state index in [1.165, 1.54) is 18.5 Å². The number of dihydropyridines is 1. The predicted octanol–water partition coefficient (Wildman–Crippen LogP) is 1.90. The van der Waals surface area contributed by atoms with Crippen LogP contribution in [0, 0.1) is 0 Å². The second-order valence-corrected chi connectivity index (χ2v) is 6.31. The zero-order valence-corrected chi connectivity index (χ0v) is 15.1. The summed E-state index contributed by atoms with van der Waals surface area (Å²) >= 11 is 0. The monoisotopic (exact) mass is 374 g/mol. The highest BCUT2D eigenvalue weighted by Gasteiger charge is 2.24. The average Bonchev–Trinajstić information content (AvgIpc) is 2.68. The highest BCUT2D eigenvalue weighted by molar-refractivity contribution is 6.01. The zero-order chi connectivity index (χ0) is 19.1. The van der Waals surface area contributed by atoms with Gasteiger partial charge in [0.15, 0.2) is 0 Å². The Bertz CT molecular complexity index is 754. The van der Waals surface area contributed by atoms with Gasteiger partial charge in [-0.15, -0.1) is 0 Å². The molecule has 144 valence electrons. The van der Waals surface area contributed by atoms with Gasteiger partial charge in [0.1, 0.15) is 11.7 Å². The van der Waals surface area contributed by atoms with Crippen LogP contribution < -0.4 is 16.0 Å². The summed E-state index contributed by atoms with van der Waals surface area (Å²) in [4.78, 5) is 9.60. The summed E-state index contributed by atoms with van der Waals surface area (Å²) in [5.74, 6) is -0.555. The van der Waals surface area contributed by atoms with Gasteiger partial charge in [-0.05, 0) is 18.4 Å². The standard InChI is InChI=1S/C19H24F2N6/c1-22-4-5-25-17-3-2-14(10-15(17)20)11-26-18-13-24-12-16(21)19(18)27-8-6-23-7-9-27/h2,4-5,10,13,23-24,26H,1,3,6-9,11-12H2/b5-4-,25-17?. The van der Waals surface area contributed by atoms with Crippen LogP contribution in [0.4, 0.5) is 8.78 Å². The molecule has 0 aromatic heterocycles. The van der Waals surface area contributed by atoms with Crippen LogP contribution in [-0.2, 0) is 0 Å². The van der Waals surface area contributed by atoms with Crippen molar-refractivity contribution in [1.29, 1.82) is 0 Å². The summed E-state index contributed by atoms with van der Waals surface area (Å²) in [7, 11) is 0. The number of hydrogen-bond donors (Lipinski definition) is 3. The number of nitrogens with zero attached hydrogens (tertiary/aromatic N) is 3. The van der Waals surface area contributed by atoms with Crippen molar-refractivity contribution in [3.63, 3.8) is 0 Å². The second-order valence-electron chi connectivity index (χ2n) is 6.31. The van der Waals surface area contributed by atoms with Crippen molar-refractivity contribution < 1.29 is 8.78 Å². The molecule has 0 aromatic carbocycles. The molecule has 2 heterocycles. The predicted molar refractivity (Wildman–Crippen MR) is 105 cm³/mol. The largest absolute Gasteiger partial charge is 0.383 e. The van der Waals surface area contributed by atoms with E-state index in [0.29, 0.717) is 30.1 Å². The van der Waals surface area contributed by atoms with Gasteiger partial charge in [0.25, 0.3) is 0 Å². The third kappa shape index (κ3) is 4.91. The SMILES string of the molecule is C=N/C=C\N=C1CC=C(CNC2=CNCC(F)=C2N2CCNCC2)C=C1F. The van der Waals surface area contributed by atoms with Crippen LogP contribution in [-0.4, -0.2) is 56.6 Å². The average molecular weight is 374 g/mol. The van der Waals surface area contributed by atoms with E-state index >= 15 is 0 Å². The maximum atomic E-state index is 14.5. The Morgan fingerprint density at radius 3 is 2.81 bits per heavy atom. The first kappa shape index (κ1) is 19.0. The lowest BCUT2D eigenvalue weighted by Crippen LogP contribution is -2.45. The fourth-order valence-corrected chi connectivity index (χ4v) is 3.14. The van der Waals surface area contributed by atoms with E-state index in [9.17, 15) is 8.78 Å². The van der Waals surface area contributed by atoms with Crippen molar-refractivity contribution in [2.75, 3.05) is 39.3 Å². The van der Waals surface area contributed by atoms with E-state index < -0.39 is 0 Å². The Balaban J connectivity index is 1.64. The molecule has 0 saturated carbocycles. The Morgan fingerprint density at radius 1 is 1.26 bits per heavy atom. The highest BCUT2D eigenvalue weighted by atomic mass is 19.1. The first-order valence-electron chi connectivity index (χ1n) is 8.95. The van der Waals surface area contributed by atoms with Crippen LogP contribution in [0.25, 0.3) is 0 Å². The molecule has 27 heavy (non-hydrogen) atoms. The number of nitrogens with one attached hydrogen (secondary N) is 3. The molecule has 0 radical (unpaired) electrons. The summed E-state index contributed by atoms with van der Waals surface area (Å²) in [5.41, 5.74) is 2.43. The molecular weight excluding hydrogens is 350 g/mol. The number of allylic oxidation sites excluding steroid dienone is 2. The van der Waals surface area contributed by atoms with Crippen LogP contribution in [0.5, 0.6) is 0 Å². The lowest BCUT2D eigenvalue weighted by molar-refractivity contribution is 0.288. The molecular formula is C19H24F2N6. The van der Waals surface area contributed by atoms with Crippen molar-refractivity contribution >= 4 is 12.4 Å². The Hall–Kier alpha value is -2.74. The summed E-state index contributed by atoms with van der Waals surface area (Å²) < 4.78 is 28.7. The molecule has 6 nitrogen and oxygen atoms in total. The van der Waals surface area contributed by atoms with Gasteiger partial charge in [0.2, 0.25) is 0 Å². The summed E-state index contributed by atoms with van der Waals surface area (Å²) in [6, 6.07) is 0. The van der Waals surface area contributed by atoms with E-state index in [0.717, 1.165) is 31.8 Å². The van der Waals surface area contributed by atoms with Gasteiger partial charge in [-0.25, -0.2) is 8.78 Å². The van der Waals surface area contributed by atoms with Crippen molar-refractivity contribution in [2.24, 2.45) is 9.98 Å². The number of hydrogen-bond acceptors (Lipinski definition) is 6. The van der Waals surface area contributed by atoms with Gasteiger partial charge < -0.3 is 20.9 Å². The van der Waals surface area contributed by atoms with Gasteiger partial charge in [-0.3, -0.25) is 9.98 Å². The van der Waals surface area contributed by atoms with Crippen molar-refractivity contribution in [1.82, 2.24) is 20.9 Å². The topological polar surface area (TPSA) is 64.0 Å². The first-order valence-corrected chi connectivity index (χ1v) is 8.95.